The van der Waals surface area contributed by atoms with Crippen molar-refractivity contribution < 1.29 is 4.79 Å². The van der Waals surface area contributed by atoms with E-state index in [1.54, 1.807) is 0 Å². The van der Waals surface area contributed by atoms with Crippen LogP contribution in [0.5, 0.6) is 0 Å². The Bertz CT molecular complexity index is 348. The maximum absolute atomic E-state index is 12.5. The highest BCUT2D eigenvalue weighted by Crippen LogP contribution is 2.19. The van der Waals surface area contributed by atoms with Gasteiger partial charge in [-0.3, -0.25) is 14.6 Å². The van der Waals surface area contributed by atoms with Gasteiger partial charge in [-0.05, 0) is 38.3 Å². The molecule has 1 amide bonds. The van der Waals surface area contributed by atoms with Crippen molar-refractivity contribution in [2.24, 2.45) is 5.92 Å². The van der Waals surface area contributed by atoms with Gasteiger partial charge in [-0.15, -0.1) is 0 Å². The standard InChI is InChI=1S/C16H30N4O/c1-14-2-7-18(8-3-14)13-16(21)20-9-4-15(12-20)19-10-5-17-6-11-19/h14-15,17H,2-13H2,1H3. The summed E-state index contributed by atoms with van der Waals surface area (Å²) in [5, 5.41) is 3.40. The van der Waals surface area contributed by atoms with E-state index in [-0.39, 0.29) is 0 Å². The molecule has 5 nitrogen and oxygen atoms in total. The van der Waals surface area contributed by atoms with E-state index in [0.717, 1.165) is 64.7 Å². The van der Waals surface area contributed by atoms with Crippen molar-refractivity contribution in [1.29, 1.82) is 0 Å². The number of amides is 1. The van der Waals surface area contributed by atoms with Crippen molar-refractivity contribution in [1.82, 2.24) is 20.0 Å². The lowest BCUT2D eigenvalue weighted by Gasteiger charge is -2.33. The number of piperazine rings is 1. The predicted molar refractivity (Wildman–Crippen MR) is 84.3 cm³/mol. The van der Waals surface area contributed by atoms with Crippen LogP contribution < -0.4 is 5.32 Å². The van der Waals surface area contributed by atoms with Crippen LogP contribution in [0.25, 0.3) is 0 Å². The summed E-state index contributed by atoms with van der Waals surface area (Å²) in [6.07, 6.45) is 3.65. The predicted octanol–water partition coefficient (Wildman–Crippen LogP) is 0.224. The lowest BCUT2D eigenvalue weighted by atomic mass is 9.99. The minimum Gasteiger partial charge on any atom is -0.340 e. The minimum atomic E-state index is 0.349. The van der Waals surface area contributed by atoms with Crippen molar-refractivity contribution in [3.63, 3.8) is 0 Å². The molecule has 21 heavy (non-hydrogen) atoms. The lowest BCUT2D eigenvalue weighted by molar-refractivity contribution is -0.131. The van der Waals surface area contributed by atoms with Gasteiger partial charge < -0.3 is 10.2 Å². The van der Waals surface area contributed by atoms with Gasteiger partial charge >= 0.3 is 0 Å². The third-order valence-corrected chi connectivity index (χ3v) is 5.42. The third-order valence-electron chi connectivity index (χ3n) is 5.42. The van der Waals surface area contributed by atoms with Crippen molar-refractivity contribution in [2.75, 3.05) is 58.9 Å². The summed E-state index contributed by atoms with van der Waals surface area (Å²) in [5.41, 5.74) is 0. The van der Waals surface area contributed by atoms with Gasteiger partial charge in [0, 0.05) is 45.3 Å². The molecule has 3 saturated heterocycles. The molecule has 0 aromatic carbocycles. The quantitative estimate of drug-likeness (QED) is 0.808. The molecule has 3 heterocycles. The van der Waals surface area contributed by atoms with Gasteiger partial charge in [0.15, 0.2) is 0 Å². The Labute approximate surface area is 128 Å². The molecule has 3 aliphatic rings. The number of nitrogens with one attached hydrogen (secondary N) is 1. The zero-order chi connectivity index (χ0) is 14.7. The van der Waals surface area contributed by atoms with Crippen LogP contribution in [0.15, 0.2) is 0 Å². The van der Waals surface area contributed by atoms with Gasteiger partial charge in [0.05, 0.1) is 6.54 Å². The first-order chi connectivity index (χ1) is 10.2. The number of likely N-dealkylation sites (tertiary alicyclic amines) is 2. The Balaban J connectivity index is 1.43. The molecular weight excluding hydrogens is 264 g/mol. The SMILES string of the molecule is CC1CCN(CC(=O)N2CCC(N3CCNCC3)C2)CC1. The first-order valence-electron chi connectivity index (χ1n) is 8.67. The molecule has 5 heteroatoms. The van der Waals surface area contributed by atoms with E-state index in [0.29, 0.717) is 18.5 Å². The van der Waals surface area contributed by atoms with Gasteiger partial charge in [-0.1, -0.05) is 6.92 Å². The highest BCUT2D eigenvalue weighted by Gasteiger charge is 2.31. The number of nitrogens with zero attached hydrogens (tertiary/aromatic N) is 3. The number of carbonyl (C=O) groups is 1. The van der Waals surface area contributed by atoms with Gasteiger partial charge in [0.25, 0.3) is 0 Å². The van der Waals surface area contributed by atoms with Crippen molar-refractivity contribution >= 4 is 5.91 Å². The van der Waals surface area contributed by atoms with Gasteiger partial charge in [0.1, 0.15) is 0 Å². The van der Waals surface area contributed by atoms with Crippen LogP contribution in [0.1, 0.15) is 26.2 Å². The summed E-state index contributed by atoms with van der Waals surface area (Å²) in [7, 11) is 0. The van der Waals surface area contributed by atoms with Gasteiger partial charge in [-0.25, -0.2) is 0 Å². The topological polar surface area (TPSA) is 38.8 Å². The molecule has 3 fully saturated rings. The van der Waals surface area contributed by atoms with Crippen LogP contribution in [0.4, 0.5) is 0 Å². The van der Waals surface area contributed by atoms with Crippen molar-refractivity contribution in [3.8, 4) is 0 Å². The molecule has 3 aliphatic heterocycles. The summed E-state index contributed by atoms with van der Waals surface area (Å²) in [4.78, 5) is 19.5. The molecule has 0 spiro atoms. The Kier molecular flexibility index (Phi) is 5.14. The Morgan fingerprint density at radius 3 is 2.48 bits per heavy atom. The van der Waals surface area contributed by atoms with E-state index in [2.05, 4.69) is 26.9 Å². The molecule has 0 bridgehead atoms. The van der Waals surface area contributed by atoms with Gasteiger partial charge in [0.2, 0.25) is 5.91 Å². The lowest BCUT2D eigenvalue weighted by Crippen LogP contribution is -2.50. The molecular formula is C16H30N4O. The number of hydrogen-bond acceptors (Lipinski definition) is 4. The molecule has 0 aliphatic carbocycles. The smallest absolute Gasteiger partial charge is 0.236 e. The monoisotopic (exact) mass is 294 g/mol. The van der Waals surface area contributed by atoms with Crippen LogP contribution in [-0.2, 0) is 4.79 Å². The first-order valence-corrected chi connectivity index (χ1v) is 8.67. The van der Waals surface area contributed by atoms with Crippen LogP contribution in [-0.4, -0.2) is 85.6 Å². The maximum Gasteiger partial charge on any atom is 0.236 e. The number of rotatable bonds is 3. The molecule has 1 N–H and O–H groups in total. The second-order valence-electron chi connectivity index (χ2n) is 7.03. The van der Waals surface area contributed by atoms with E-state index in [1.807, 2.05) is 0 Å². The molecule has 0 aromatic rings. The fraction of sp³-hybridized carbons (Fsp3) is 0.938. The molecule has 120 valence electrons. The summed E-state index contributed by atoms with van der Waals surface area (Å²) in [5.74, 6) is 1.18. The second-order valence-corrected chi connectivity index (χ2v) is 7.03. The minimum absolute atomic E-state index is 0.349. The highest BCUT2D eigenvalue weighted by atomic mass is 16.2. The fourth-order valence-electron chi connectivity index (χ4n) is 3.83. The Morgan fingerprint density at radius 1 is 1.05 bits per heavy atom. The fourth-order valence-corrected chi connectivity index (χ4v) is 3.83. The maximum atomic E-state index is 12.5. The highest BCUT2D eigenvalue weighted by molar-refractivity contribution is 5.78. The summed E-state index contributed by atoms with van der Waals surface area (Å²) in [6, 6.07) is 0.595. The van der Waals surface area contributed by atoms with E-state index in [1.165, 1.54) is 12.8 Å². The number of carbonyl (C=O) groups excluding carboxylic acids is 1. The largest absolute Gasteiger partial charge is 0.340 e. The Morgan fingerprint density at radius 2 is 1.76 bits per heavy atom. The van der Waals surface area contributed by atoms with E-state index in [9.17, 15) is 4.79 Å². The van der Waals surface area contributed by atoms with E-state index < -0.39 is 0 Å². The van der Waals surface area contributed by atoms with E-state index in [4.69, 9.17) is 0 Å². The first kappa shape index (κ1) is 15.3. The third kappa shape index (κ3) is 3.96. The Hall–Kier alpha value is -0.650. The molecule has 3 rings (SSSR count). The van der Waals surface area contributed by atoms with Crippen LogP contribution in [0.2, 0.25) is 0 Å². The average Bonchev–Trinajstić information content (AvgIpc) is 3.00. The summed E-state index contributed by atoms with van der Waals surface area (Å²) in [6.45, 7) is 11.5. The number of piperidine rings is 1. The molecule has 0 radical (unpaired) electrons. The summed E-state index contributed by atoms with van der Waals surface area (Å²) < 4.78 is 0. The molecule has 1 atom stereocenters. The summed E-state index contributed by atoms with van der Waals surface area (Å²) >= 11 is 0. The number of hydrogen-bond donors (Lipinski definition) is 1. The van der Waals surface area contributed by atoms with Crippen molar-refractivity contribution in [3.05, 3.63) is 0 Å². The van der Waals surface area contributed by atoms with Crippen molar-refractivity contribution in [2.45, 2.75) is 32.2 Å². The zero-order valence-electron chi connectivity index (χ0n) is 13.4. The van der Waals surface area contributed by atoms with Gasteiger partial charge in [-0.2, -0.15) is 0 Å². The normalized spacial score (nSPS) is 30.0. The van der Waals surface area contributed by atoms with Crippen LogP contribution >= 0.6 is 0 Å². The van der Waals surface area contributed by atoms with Crippen LogP contribution in [0, 0.1) is 5.92 Å². The average molecular weight is 294 g/mol. The molecule has 1 unspecified atom stereocenters. The van der Waals surface area contributed by atoms with E-state index >= 15 is 0 Å². The van der Waals surface area contributed by atoms with Crippen LogP contribution in [0.3, 0.4) is 0 Å². The zero-order valence-corrected chi connectivity index (χ0v) is 13.4. The molecule has 0 saturated carbocycles. The molecule has 0 aromatic heterocycles. The second kappa shape index (κ2) is 7.07.